The minimum Gasteiger partial charge on any atom is -0.497 e. The number of methoxy groups -OCH3 is 1. The number of carbonyl (C=O) groups excluding carboxylic acids is 3. The number of carbonyl (C=O) groups is 3. The molecule has 0 saturated carbocycles. The van der Waals surface area contributed by atoms with Gasteiger partial charge in [-0.15, -0.1) is 0 Å². The summed E-state index contributed by atoms with van der Waals surface area (Å²) < 4.78 is 5.14. The Morgan fingerprint density at radius 3 is 2.58 bits per heavy atom. The third-order valence-electron chi connectivity index (χ3n) is 5.28. The van der Waals surface area contributed by atoms with Gasteiger partial charge in [0.05, 0.1) is 25.1 Å². The first kappa shape index (κ1) is 21.0. The molecule has 2 aliphatic rings. The Labute approximate surface area is 183 Å². The highest BCUT2D eigenvalue weighted by molar-refractivity contribution is 6.30. The fraction of sp³-hybridized carbons (Fsp3) is 0.286. The lowest BCUT2D eigenvalue weighted by atomic mass is 9.81. The number of benzene rings is 2. The molecule has 2 fully saturated rings. The molecule has 3 amide bonds. The molecular formula is C21H22ClN5O4. The predicted octanol–water partition coefficient (Wildman–Crippen LogP) is 1.48. The van der Waals surface area contributed by atoms with Gasteiger partial charge in [0, 0.05) is 22.8 Å². The van der Waals surface area contributed by atoms with Gasteiger partial charge in [0.15, 0.2) is 6.29 Å². The molecule has 9 nitrogen and oxygen atoms in total. The lowest BCUT2D eigenvalue weighted by Gasteiger charge is -2.43. The number of piperidine rings is 1. The zero-order valence-electron chi connectivity index (χ0n) is 16.6. The Kier molecular flexibility index (Phi) is 5.97. The molecule has 0 aliphatic carbocycles. The van der Waals surface area contributed by atoms with Crippen LogP contribution in [0.5, 0.6) is 5.75 Å². The third-order valence-corrected chi connectivity index (χ3v) is 5.52. The number of halogens is 1. The summed E-state index contributed by atoms with van der Waals surface area (Å²) in [5, 5.41) is 15.1. The first-order valence-electron chi connectivity index (χ1n) is 9.76. The van der Waals surface area contributed by atoms with Crippen LogP contribution in [-0.4, -0.2) is 37.3 Å². The van der Waals surface area contributed by atoms with Gasteiger partial charge in [-0.2, -0.15) is 0 Å². The van der Waals surface area contributed by atoms with Crippen LogP contribution in [0.1, 0.15) is 6.42 Å². The highest BCUT2D eigenvalue weighted by atomic mass is 35.5. The van der Waals surface area contributed by atoms with Gasteiger partial charge in [-0.1, -0.05) is 17.7 Å². The van der Waals surface area contributed by atoms with Gasteiger partial charge >= 0.3 is 0 Å². The van der Waals surface area contributed by atoms with Crippen molar-refractivity contribution in [2.45, 2.75) is 18.9 Å². The second-order valence-corrected chi connectivity index (χ2v) is 7.80. The van der Waals surface area contributed by atoms with Crippen molar-refractivity contribution in [2.75, 3.05) is 17.7 Å². The summed E-state index contributed by atoms with van der Waals surface area (Å²) in [5.74, 6) is -1.93. The van der Waals surface area contributed by atoms with E-state index in [1.165, 1.54) is 0 Å². The summed E-state index contributed by atoms with van der Waals surface area (Å²) in [7, 11) is 1.58. The summed E-state index contributed by atoms with van der Waals surface area (Å²) in [4.78, 5) is 38.0. The molecule has 4 rings (SSSR count). The molecule has 31 heavy (non-hydrogen) atoms. The lowest BCUT2D eigenvalue weighted by Crippen LogP contribution is -2.72. The molecule has 2 aromatic rings. The fourth-order valence-corrected chi connectivity index (χ4v) is 4.00. The monoisotopic (exact) mass is 443 g/mol. The van der Waals surface area contributed by atoms with Crippen molar-refractivity contribution < 1.29 is 19.1 Å². The molecular weight excluding hydrogens is 422 g/mol. The standard InChI is InChI=1S/C21H22ClN5O4/c1-31-14-7-5-12(6-8-14)24-21-26-18-17(20(30)27-21)15(10-16(28)25-18)19(29)23-13-4-2-3-11(22)9-13/h2-9,15,17-18,21,24,26H,10H2,1H3,(H,23,29)(H,25,28)(H,27,30). The van der Waals surface area contributed by atoms with E-state index in [9.17, 15) is 14.4 Å². The first-order valence-corrected chi connectivity index (χ1v) is 10.1. The maximum Gasteiger partial charge on any atom is 0.229 e. The van der Waals surface area contributed by atoms with Gasteiger partial charge in [-0.3, -0.25) is 19.7 Å². The van der Waals surface area contributed by atoms with Crippen molar-refractivity contribution >= 4 is 40.7 Å². The molecule has 0 spiro atoms. The van der Waals surface area contributed by atoms with E-state index in [0.717, 1.165) is 5.69 Å². The first-order chi connectivity index (χ1) is 14.9. The number of fused-ring (bicyclic) bond motifs is 1. The van der Waals surface area contributed by atoms with Crippen LogP contribution in [0, 0.1) is 11.8 Å². The summed E-state index contributed by atoms with van der Waals surface area (Å²) in [6, 6.07) is 13.9. The van der Waals surface area contributed by atoms with Crippen LogP contribution >= 0.6 is 11.6 Å². The van der Waals surface area contributed by atoms with Gasteiger partial charge in [0.2, 0.25) is 17.7 Å². The summed E-state index contributed by atoms with van der Waals surface area (Å²) in [5.41, 5.74) is 1.25. The fourth-order valence-electron chi connectivity index (χ4n) is 3.81. The maximum absolute atomic E-state index is 12.9. The molecule has 0 aromatic heterocycles. The average Bonchev–Trinajstić information content (AvgIpc) is 2.73. The quantitative estimate of drug-likeness (QED) is 0.477. The van der Waals surface area contributed by atoms with Crippen molar-refractivity contribution in [1.29, 1.82) is 0 Å². The summed E-state index contributed by atoms with van der Waals surface area (Å²) in [6.45, 7) is 0. The van der Waals surface area contributed by atoms with E-state index in [2.05, 4.69) is 26.6 Å². The Bertz CT molecular complexity index is 1000. The molecule has 162 valence electrons. The number of rotatable bonds is 5. The van der Waals surface area contributed by atoms with Crippen molar-refractivity contribution in [3.8, 4) is 5.75 Å². The molecule has 4 atom stereocenters. The smallest absolute Gasteiger partial charge is 0.229 e. The molecule has 2 saturated heterocycles. The van der Waals surface area contributed by atoms with Crippen LogP contribution in [0.15, 0.2) is 48.5 Å². The average molecular weight is 444 g/mol. The van der Waals surface area contributed by atoms with Crippen LogP contribution in [-0.2, 0) is 14.4 Å². The molecule has 0 bridgehead atoms. The van der Waals surface area contributed by atoms with Crippen molar-refractivity contribution in [3.05, 3.63) is 53.6 Å². The Morgan fingerprint density at radius 1 is 1.10 bits per heavy atom. The maximum atomic E-state index is 12.9. The van der Waals surface area contributed by atoms with Crippen molar-refractivity contribution in [2.24, 2.45) is 11.8 Å². The molecule has 2 aliphatic heterocycles. The molecule has 4 unspecified atom stereocenters. The molecule has 2 aromatic carbocycles. The highest BCUT2D eigenvalue weighted by Gasteiger charge is 2.48. The number of anilines is 2. The van der Waals surface area contributed by atoms with E-state index < -0.39 is 30.2 Å². The van der Waals surface area contributed by atoms with Gasteiger partial charge in [0.1, 0.15) is 5.75 Å². The minimum absolute atomic E-state index is 0.0841. The van der Waals surface area contributed by atoms with E-state index in [-0.39, 0.29) is 18.2 Å². The van der Waals surface area contributed by atoms with Gasteiger partial charge < -0.3 is 26.0 Å². The van der Waals surface area contributed by atoms with Crippen LogP contribution in [0.4, 0.5) is 11.4 Å². The van der Waals surface area contributed by atoms with Gasteiger partial charge in [0.25, 0.3) is 0 Å². The molecule has 0 radical (unpaired) electrons. The van der Waals surface area contributed by atoms with E-state index in [4.69, 9.17) is 16.3 Å². The third kappa shape index (κ3) is 4.73. The Balaban J connectivity index is 1.46. The number of hydrogen-bond donors (Lipinski definition) is 5. The summed E-state index contributed by atoms with van der Waals surface area (Å²) in [6.07, 6.45) is -1.41. The van der Waals surface area contributed by atoms with Crippen LogP contribution in [0.25, 0.3) is 0 Å². The SMILES string of the molecule is COc1ccc(NC2NC(=O)C3C(NC(=O)CC3C(=O)Nc3cccc(Cl)c3)N2)cc1. The van der Waals surface area contributed by atoms with Crippen LogP contribution < -0.4 is 31.3 Å². The van der Waals surface area contributed by atoms with Crippen LogP contribution in [0.3, 0.4) is 0 Å². The number of ether oxygens (including phenoxy) is 1. The molecule has 5 N–H and O–H groups in total. The van der Waals surface area contributed by atoms with E-state index >= 15 is 0 Å². The lowest BCUT2D eigenvalue weighted by molar-refractivity contribution is -0.144. The second kappa shape index (κ2) is 8.83. The molecule has 2 heterocycles. The van der Waals surface area contributed by atoms with E-state index in [1.54, 1.807) is 55.6 Å². The van der Waals surface area contributed by atoms with Crippen molar-refractivity contribution in [3.63, 3.8) is 0 Å². The minimum atomic E-state index is -0.827. The van der Waals surface area contributed by atoms with E-state index in [1.807, 2.05) is 0 Å². The zero-order chi connectivity index (χ0) is 22.0. The number of hydrogen-bond acceptors (Lipinski definition) is 6. The van der Waals surface area contributed by atoms with Crippen LogP contribution in [0.2, 0.25) is 5.02 Å². The zero-order valence-corrected chi connectivity index (χ0v) is 17.4. The van der Waals surface area contributed by atoms with Crippen molar-refractivity contribution in [1.82, 2.24) is 16.0 Å². The Morgan fingerprint density at radius 2 is 1.87 bits per heavy atom. The highest BCUT2D eigenvalue weighted by Crippen LogP contribution is 2.28. The predicted molar refractivity (Wildman–Crippen MR) is 115 cm³/mol. The van der Waals surface area contributed by atoms with E-state index in [0.29, 0.717) is 16.5 Å². The van der Waals surface area contributed by atoms with Gasteiger partial charge in [-0.05, 0) is 42.5 Å². The number of nitrogens with one attached hydrogen (secondary N) is 5. The second-order valence-electron chi connectivity index (χ2n) is 7.36. The Hall–Kier alpha value is -3.30. The summed E-state index contributed by atoms with van der Waals surface area (Å²) >= 11 is 5.97. The topological polar surface area (TPSA) is 121 Å². The van der Waals surface area contributed by atoms with Gasteiger partial charge in [-0.25, -0.2) is 0 Å². The number of amides is 3. The largest absolute Gasteiger partial charge is 0.497 e. The normalized spacial score (nSPS) is 25.0. The molecule has 10 heteroatoms.